The molecule has 3 aromatic carbocycles. The van der Waals surface area contributed by atoms with Crippen LogP contribution in [0, 0.1) is 0 Å². The van der Waals surface area contributed by atoms with E-state index >= 15 is 0 Å². The number of rotatable bonds is 5. The molecule has 0 aromatic heterocycles. The number of nitrogens with zero attached hydrogens (tertiary/aromatic N) is 1. The number of nitrogens with one attached hydrogen (secondary N) is 1. The molecule has 0 unspecified atom stereocenters. The first-order valence-electron chi connectivity index (χ1n) is 9.48. The third-order valence-electron chi connectivity index (χ3n) is 4.79. The molecule has 0 bridgehead atoms. The van der Waals surface area contributed by atoms with E-state index in [-0.39, 0.29) is 5.91 Å². The molecule has 0 saturated carbocycles. The van der Waals surface area contributed by atoms with Gasteiger partial charge in [-0.15, -0.1) is 0 Å². The van der Waals surface area contributed by atoms with Crippen molar-refractivity contribution in [3.63, 3.8) is 0 Å². The minimum atomic E-state index is 0.0421. The lowest BCUT2D eigenvalue weighted by Crippen LogP contribution is -2.28. The molecule has 1 heterocycles. The van der Waals surface area contributed by atoms with E-state index in [0.29, 0.717) is 11.3 Å². The first-order valence-corrected chi connectivity index (χ1v) is 10.3. The summed E-state index contributed by atoms with van der Waals surface area (Å²) in [5.41, 5.74) is 8.96. The van der Waals surface area contributed by atoms with E-state index < -0.39 is 0 Å². The number of hydrogen-bond donors (Lipinski definition) is 2. The number of benzene rings is 3. The van der Waals surface area contributed by atoms with Crippen molar-refractivity contribution in [2.24, 2.45) is 0 Å². The molecule has 1 aliphatic heterocycles. The topological polar surface area (TPSA) is 58.4 Å². The summed E-state index contributed by atoms with van der Waals surface area (Å²) in [4.78, 5) is 17.2. The maximum absolute atomic E-state index is 13.0. The Morgan fingerprint density at radius 2 is 1.61 bits per heavy atom. The second-order valence-corrected chi connectivity index (χ2v) is 7.96. The predicted octanol–water partition coefficient (Wildman–Crippen LogP) is 5.40. The van der Waals surface area contributed by atoms with Gasteiger partial charge in [-0.25, -0.2) is 0 Å². The highest BCUT2D eigenvalue weighted by atomic mass is 32.2. The zero-order valence-electron chi connectivity index (χ0n) is 15.6. The average Bonchev–Trinajstić information content (AvgIpc) is 3.26. The second kappa shape index (κ2) is 8.40. The zero-order valence-corrected chi connectivity index (χ0v) is 16.4. The Labute approximate surface area is 169 Å². The van der Waals surface area contributed by atoms with Crippen LogP contribution in [0.3, 0.4) is 0 Å². The Bertz CT molecular complexity index is 969. The summed E-state index contributed by atoms with van der Waals surface area (Å²) in [6.07, 6.45) is 2.13. The Balaban J connectivity index is 1.64. The van der Waals surface area contributed by atoms with Crippen LogP contribution in [0.25, 0.3) is 0 Å². The van der Waals surface area contributed by atoms with Crippen LogP contribution >= 0.6 is 11.8 Å². The SMILES string of the molecule is Nc1ccc(Nc2ccccc2Sc2ccccc2)c(C(=O)N2CCCC2)c1. The highest BCUT2D eigenvalue weighted by molar-refractivity contribution is 7.99. The highest BCUT2D eigenvalue weighted by Crippen LogP contribution is 2.35. The normalized spacial score (nSPS) is 13.5. The van der Waals surface area contributed by atoms with E-state index in [1.807, 2.05) is 53.4 Å². The third kappa shape index (κ3) is 4.15. The lowest BCUT2D eigenvalue weighted by molar-refractivity contribution is 0.0794. The van der Waals surface area contributed by atoms with Gasteiger partial charge in [-0.3, -0.25) is 4.79 Å². The Morgan fingerprint density at radius 3 is 2.39 bits per heavy atom. The van der Waals surface area contributed by atoms with Gasteiger partial charge in [0, 0.05) is 28.6 Å². The molecule has 3 N–H and O–H groups in total. The van der Waals surface area contributed by atoms with E-state index in [1.54, 1.807) is 17.8 Å². The van der Waals surface area contributed by atoms with Crippen LogP contribution in [-0.4, -0.2) is 23.9 Å². The van der Waals surface area contributed by atoms with Crippen LogP contribution in [0.2, 0.25) is 0 Å². The highest BCUT2D eigenvalue weighted by Gasteiger charge is 2.22. The molecule has 1 aliphatic rings. The number of para-hydroxylation sites is 1. The van der Waals surface area contributed by atoms with Crippen molar-refractivity contribution in [2.45, 2.75) is 22.6 Å². The molecule has 0 atom stereocenters. The van der Waals surface area contributed by atoms with Gasteiger partial charge in [0.1, 0.15) is 0 Å². The number of likely N-dealkylation sites (tertiary alicyclic amines) is 1. The second-order valence-electron chi connectivity index (χ2n) is 6.84. The van der Waals surface area contributed by atoms with Gasteiger partial charge >= 0.3 is 0 Å². The van der Waals surface area contributed by atoms with Gasteiger partial charge in [-0.1, -0.05) is 42.1 Å². The van der Waals surface area contributed by atoms with Crippen LogP contribution < -0.4 is 11.1 Å². The molecular formula is C23H23N3OS. The summed E-state index contributed by atoms with van der Waals surface area (Å²) < 4.78 is 0. The number of anilines is 3. The molecule has 1 saturated heterocycles. The van der Waals surface area contributed by atoms with Gasteiger partial charge in [0.05, 0.1) is 16.9 Å². The Kier molecular flexibility index (Phi) is 5.53. The smallest absolute Gasteiger partial charge is 0.256 e. The quantitative estimate of drug-likeness (QED) is 0.574. The number of nitrogen functional groups attached to an aromatic ring is 1. The largest absolute Gasteiger partial charge is 0.399 e. The van der Waals surface area contributed by atoms with Crippen molar-refractivity contribution in [2.75, 3.05) is 24.1 Å². The van der Waals surface area contributed by atoms with Crippen LogP contribution in [0.5, 0.6) is 0 Å². The van der Waals surface area contributed by atoms with Crippen molar-refractivity contribution < 1.29 is 4.79 Å². The summed E-state index contributed by atoms with van der Waals surface area (Å²) >= 11 is 1.69. The first kappa shape index (κ1) is 18.4. The molecule has 0 aliphatic carbocycles. The average molecular weight is 390 g/mol. The van der Waals surface area contributed by atoms with Crippen molar-refractivity contribution in [3.05, 3.63) is 78.4 Å². The molecule has 5 heteroatoms. The summed E-state index contributed by atoms with van der Waals surface area (Å²) in [7, 11) is 0. The molecule has 142 valence electrons. The molecule has 1 amide bonds. The van der Waals surface area contributed by atoms with Crippen molar-refractivity contribution >= 4 is 34.7 Å². The number of carbonyl (C=O) groups excluding carboxylic acids is 1. The summed E-state index contributed by atoms with van der Waals surface area (Å²) in [6.45, 7) is 1.63. The Morgan fingerprint density at radius 1 is 0.893 bits per heavy atom. The van der Waals surface area contributed by atoms with Crippen molar-refractivity contribution in [1.29, 1.82) is 0 Å². The van der Waals surface area contributed by atoms with Crippen LogP contribution in [0.15, 0.2) is 82.6 Å². The van der Waals surface area contributed by atoms with Crippen LogP contribution in [-0.2, 0) is 0 Å². The molecule has 4 rings (SSSR count). The van der Waals surface area contributed by atoms with E-state index in [0.717, 1.165) is 42.2 Å². The van der Waals surface area contributed by atoms with Crippen LogP contribution in [0.4, 0.5) is 17.1 Å². The third-order valence-corrected chi connectivity index (χ3v) is 5.88. The van der Waals surface area contributed by atoms with E-state index in [9.17, 15) is 4.79 Å². The van der Waals surface area contributed by atoms with E-state index in [1.165, 1.54) is 4.90 Å². The monoisotopic (exact) mass is 389 g/mol. The standard InChI is InChI=1S/C23H23N3OS/c24-17-12-13-20(19(16-17)23(27)26-14-6-7-15-26)25-21-10-4-5-11-22(21)28-18-8-2-1-3-9-18/h1-5,8-13,16,25H,6-7,14-15,24H2. The molecule has 3 aromatic rings. The number of hydrogen-bond acceptors (Lipinski definition) is 4. The summed E-state index contributed by atoms with van der Waals surface area (Å²) in [5, 5.41) is 3.47. The fourth-order valence-corrected chi connectivity index (χ4v) is 4.28. The van der Waals surface area contributed by atoms with Gasteiger partial charge in [-0.2, -0.15) is 0 Å². The van der Waals surface area contributed by atoms with Gasteiger partial charge in [0.25, 0.3) is 5.91 Å². The number of amides is 1. The summed E-state index contributed by atoms with van der Waals surface area (Å²) in [6, 6.07) is 23.9. The van der Waals surface area contributed by atoms with Crippen molar-refractivity contribution in [1.82, 2.24) is 4.90 Å². The van der Waals surface area contributed by atoms with Gasteiger partial charge < -0.3 is 16.0 Å². The van der Waals surface area contributed by atoms with Crippen molar-refractivity contribution in [3.8, 4) is 0 Å². The molecule has 28 heavy (non-hydrogen) atoms. The van der Waals surface area contributed by atoms with E-state index in [2.05, 4.69) is 23.5 Å². The van der Waals surface area contributed by atoms with Crippen LogP contribution in [0.1, 0.15) is 23.2 Å². The first-order chi connectivity index (χ1) is 13.7. The number of nitrogens with two attached hydrogens (primary N) is 1. The lowest BCUT2D eigenvalue weighted by atomic mass is 10.1. The number of carbonyl (C=O) groups is 1. The summed E-state index contributed by atoms with van der Waals surface area (Å²) in [5.74, 6) is 0.0421. The fourth-order valence-electron chi connectivity index (χ4n) is 3.36. The van der Waals surface area contributed by atoms with Gasteiger partial charge in [0.15, 0.2) is 0 Å². The molecule has 0 spiro atoms. The fraction of sp³-hybridized carbons (Fsp3) is 0.174. The Hall–Kier alpha value is -2.92. The maximum Gasteiger partial charge on any atom is 0.256 e. The minimum Gasteiger partial charge on any atom is -0.399 e. The maximum atomic E-state index is 13.0. The lowest BCUT2D eigenvalue weighted by Gasteiger charge is -2.19. The van der Waals surface area contributed by atoms with E-state index in [4.69, 9.17) is 5.73 Å². The molecule has 4 nitrogen and oxygen atoms in total. The predicted molar refractivity (Wildman–Crippen MR) is 116 cm³/mol. The minimum absolute atomic E-state index is 0.0421. The van der Waals surface area contributed by atoms with Gasteiger partial charge in [-0.05, 0) is 55.3 Å². The van der Waals surface area contributed by atoms with Gasteiger partial charge in [0.2, 0.25) is 0 Å². The molecular weight excluding hydrogens is 366 g/mol. The molecule has 0 radical (unpaired) electrons. The zero-order chi connectivity index (χ0) is 19.3. The molecule has 1 fully saturated rings.